The first-order valence-electron chi connectivity index (χ1n) is 9.00. The molecule has 0 atom stereocenters. The lowest BCUT2D eigenvalue weighted by atomic mass is 10.1. The molecule has 0 aliphatic carbocycles. The van der Waals surface area contributed by atoms with Crippen LogP contribution in [0.25, 0.3) is 0 Å². The molecule has 1 amide bonds. The highest BCUT2D eigenvalue weighted by Crippen LogP contribution is 2.20. The molecular formula is C20H25N3O2. The SMILES string of the molecule is O=C(c1cc(N2CCCCC2)ccn1)N(O)CCCc1ccccc1. The van der Waals surface area contributed by atoms with Crippen molar-refractivity contribution in [2.75, 3.05) is 24.5 Å². The van der Waals surface area contributed by atoms with Gasteiger partial charge in [0.25, 0.3) is 5.91 Å². The van der Waals surface area contributed by atoms with Crippen molar-refractivity contribution in [1.29, 1.82) is 0 Å². The Kier molecular flexibility index (Phi) is 6.01. The second-order valence-corrected chi connectivity index (χ2v) is 6.46. The molecule has 5 heteroatoms. The molecule has 1 aromatic carbocycles. The number of carbonyl (C=O) groups excluding carboxylic acids is 1. The number of nitrogens with zero attached hydrogens (tertiary/aromatic N) is 3. The summed E-state index contributed by atoms with van der Waals surface area (Å²) in [5.41, 5.74) is 2.51. The monoisotopic (exact) mass is 339 g/mol. The predicted molar refractivity (Wildman–Crippen MR) is 97.9 cm³/mol. The minimum atomic E-state index is -0.438. The minimum absolute atomic E-state index is 0.295. The summed E-state index contributed by atoms with van der Waals surface area (Å²) in [6, 6.07) is 13.8. The molecule has 0 spiro atoms. The Morgan fingerprint density at radius 3 is 2.64 bits per heavy atom. The van der Waals surface area contributed by atoms with Crippen LogP contribution in [-0.2, 0) is 6.42 Å². The van der Waals surface area contributed by atoms with Gasteiger partial charge in [-0.15, -0.1) is 0 Å². The van der Waals surface area contributed by atoms with Gasteiger partial charge in [0.1, 0.15) is 5.69 Å². The Morgan fingerprint density at radius 1 is 1.12 bits per heavy atom. The van der Waals surface area contributed by atoms with Crippen LogP contribution in [0.2, 0.25) is 0 Å². The van der Waals surface area contributed by atoms with Crippen molar-refractivity contribution in [3.05, 3.63) is 59.9 Å². The van der Waals surface area contributed by atoms with Gasteiger partial charge in [-0.2, -0.15) is 0 Å². The molecule has 0 unspecified atom stereocenters. The number of benzene rings is 1. The average molecular weight is 339 g/mol. The molecule has 0 bridgehead atoms. The van der Waals surface area contributed by atoms with Crippen molar-refractivity contribution in [2.45, 2.75) is 32.1 Å². The summed E-state index contributed by atoms with van der Waals surface area (Å²) in [6.45, 7) is 2.32. The fourth-order valence-corrected chi connectivity index (χ4v) is 3.20. The van der Waals surface area contributed by atoms with Gasteiger partial charge in [-0.3, -0.25) is 15.0 Å². The number of aryl methyl sites for hydroxylation is 1. The molecule has 2 aromatic rings. The first kappa shape index (κ1) is 17.4. The molecule has 2 heterocycles. The van der Waals surface area contributed by atoms with Crippen molar-refractivity contribution >= 4 is 11.6 Å². The Balaban J connectivity index is 1.56. The van der Waals surface area contributed by atoms with Gasteiger partial charge >= 0.3 is 0 Å². The molecule has 25 heavy (non-hydrogen) atoms. The van der Waals surface area contributed by atoms with Gasteiger partial charge in [0.2, 0.25) is 0 Å². The number of pyridine rings is 1. The molecule has 1 saturated heterocycles. The molecule has 0 radical (unpaired) electrons. The van der Waals surface area contributed by atoms with Gasteiger partial charge in [-0.25, -0.2) is 5.06 Å². The van der Waals surface area contributed by atoms with Crippen LogP contribution in [0, 0.1) is 0 Å². The normalized spacial score (nSPS) is 14.4. The number of aromatic nitrogens is 1. The van der Waals surface area contributed by atoms with Gasteiger partial charge in [0.15, 0.2) is 0 Å². The summed E-state index contributed by atoms with van der Waals surface area (Å²) in [6.07, 6.45) is 6.80. The largest absolute Gasteiger partial charge is 0.371 e. The van der Waals surface area contributed by atoms with Crippen molar-refractivity contribution in [3.8, 4) is 0 Å². The third-order valence-electron chi connectivity index (χ3n) is 4.60. The van der Waals surface area contributed by atoms with E-state index in [1.807, 2.05) is 36.4 Å². The summed E-state index contributed by atoms with van der Waals surface area (Å²) in [5.74, 6) is -0.438. The maximum absolute atomic E-state index is 12.4. The van der Waals surface area contributed by atoms with E-state index in [4.69, 9.17) is 0 Å². The van der Waals surface area contributed by atoms with Crippen LogP contribution in [0.5, 0.6) is 0 Å². The highest BCUT2D eigenvalue weighted by Gasteiger charge is 2.17. The quantitative estimate of drug-likeness (QED) is 0.646. The number of carbonyl (C=O) groups is 1. The lowest BCUT2D eigenvalue weighted by Crippen LogP contribution is -2.31. The van der Waals surface area contributed by atoms with Crippen molar-refractivity contribution in [3.63, 3.8) is 0 Å². The molecule has 132 valence electrons. The van der Waals surface area contributed by atoms with Gasteiger partial charge < -0.3 is 4.90 Å². The number of anilines is 1. The Bertz CT molecular complexity index is 684. The third-order valence-corrected chi connectivity index (χ3v) is 4.60. The van der Waals surface area contributed by atoms with Crippen LogP contribution in [0.1, 0.15) is 41.7 Å². The Hall–Kier alpha value is -2.40. The van der Waals surface area contributed by atoms with Crippen molar-refractivity contribution in [1.82, 2.24) is 10.0 Å². The number of piperidine rings is 1. The highest BCUT2D eigenvalue weighted by atomic mass is 16.5. The van der Waals surface area contributed by atoms with Crippen LogP contribution < -0.4 is 4.90 Å². The minimum Gasteiger partial charge on any atom is -0.371 e. The van der Waals surface area contributed by atoms with E-state index in [0.29, 0.717) is 18.7 Å². The fraction of sp³-hybridized carbons (Fsp3) is 0.400. The van der Waals surface area contributed by atoms with E-state index >= 15 is 0 Å². The van der Waals surface area contributed by atoms with Crippen molar-refractivity contribution in [2.24, 2.45) is 0 Å². The van der Waals surface area contributed by atoms with Gasteiger partial charge in [0.05, 0.1) is 0 Å². The molecule has 1 fully saturated rings. The van der Waals surface area contributed by atoms with Crippen molar-refractivity contribution < 1.29 is 10.0 Å². The van der Waals surface area contributed by atoms with Crippen LogP contribution in [0.4, 0.5) is 5.69 Å². The van der Waals surface area contributed by atoms with Crippen LogP contribution in [-0.4, -0.2) is 40.8 Å². The van der Waals surface area contributed by atoms with E-state index in [-0.39, 0.29) is 0 Å². The predicted octanol–water partition coefficient (Wildman–Crippen LogP) is 3.54. The summed E-state index contributed by atoms with van der Waals surface area (Å²) >= 11 is 0. The van der Waals surface area contributed by atoms with E-state index in [0.717, 1.165) is 30.3 Å². The maximum Gasteiger partial charge on any atom is 0.295 e. The van der Waals surface area contributed by atoms with Crippen LogP contribution >= 0.6 is 0 Å². The number of amides is 1. The lowest BCUT2D eigenvalue weighted by molar-refractivity contribution is -0.0589. The van der Waals surface area contributed by atoms with E-state index in [1.165, 1.54) is 24.8 Å². The zero-order valence-corrected chi connectivity index (χ0v) is 14.5. The van der Waals surface area contributed by atoms with E-state index in [9.17, 15) is 10.0 Å². The second-order valence-electron chi connectivity index (χ2n) is 6.46. The number of rotatable bonds is 6. The Labute approximate surface area is 148 Å². The van der Waals surface area contributed by atoms with Crippen LogP contribution in [0.3, 0.4) is 0 Å². The topological polar surface area (TPSA) is 56.7 Å². The van der Waals surface area contributed by atoms with Gasteiger partial charge in [-0.1, -0.05) is 30.3 Å². The molecule has 1 N–H and O–H groups in total. The maximum atomic E-state index is 12.4. The van der Waals surface area contributed by atoms with E-state index in [2.05, 4.69) is 9.88 Å². The van der Waals surface area contributed by atoms with Gasteiger partial charge in [-0.05, 0) is 49.8 Å². The molecule has 1 aliphatic rings. The lowest BCUT2D eigenvalue weighted by Gasteiger charge is -2.29. The summed E-state index contributed by atoms with van der Waals surface area (Å²) < 4.78 is 0. The highest BCUT2D eigenvalue weighted by molar-refractivity contribution is 5.92. The molecule has 1 aliphatic heterocycles. The zero-order chi connectivity index (χ0) is 17.5. The molecular weight excluding hydrogens is 314 g/mol. The second kappa shape index (κ2) is 8.62. The zero-order valence-electron chi connectivity index (χ0n) is 14.5. The summed E-state index contributed by atoms with van der Waals surface area (Å²) in [7, 11) is 0. The first-order chi connectivity index (χ1) is 12.2. The summed E-state index contributed by atoms with van der Waals surface area (Å²) in [4.78, 5) is 18.8. The number of hydroxylamine groups is 2. The van der Waals surface area contributed by atoms with Gasteiger partial charge in [0, 0.05) is 31.5 Å². The average Bonchev–Trinajstić information content (AvgIpc) is 2.69. The molecule has 3 rings (SSSR count). The number of hydrogen-bond acceptors (Lipinski definition) is 4. The smallest absolute Gasteiger partial charge is 0.295 e. The number of hydrogen-bond donors (Lipinski definition) is 1. The molecule has 1 aromatic heterocycles. The Morgan fingerprint density at radius 2 is 1.88 bits per heavy atom. The third kappa shape index (κ3) is 4.79. The standard InChI is InChI=1S/C20H25N3O2/c24-20(23(25)15-7-10-17-8-3-1-4-9-17)19-16-18(11-12-21-19)22-13-5-2-6-14-22/h1,3-4,8-9,11-12,16,25H,2,5-7,10,13-15H2. The van der Waals surface area contributed by atoms with E-state index < -0.39 is 5.91 Å². The molecule has 0 saturated carbocycles. The summed E-state index contributed by atoms with van der Waals surface area (Å²) in [5, 5.41) is 10.9. The fourth-order valence-electron chi connectivity index (χ4n) is 3.20. The van der Waals surface area contributed by atoms with Crippen LogP contribution in [0.15, 0.2) is 48.7 Å². The van der Waals surface area contributed by atoms with E-state index in [1.54, 1.807) is 12.3 Å². The first-order valence-corrected chi connectivity index (χ1v) is 9.00. The molecule has 5 nitrogen and oxygen atoms in total.